The van der Waals surface area contributed by atoms with Crippen LogP contribution in [-0.2, 0) is 0 Å². The van der Waals surface area contributed by atoms with Crippen molar-refractivity contribution in [2.24, 2.45) is 0 Å². The lowest BCUT2D eigenvalue weighted by Gasteiger charge is -2.04. The smallest absolute Gasteiger partial charge is 0.260 e. The second-order valence-electron chi connectivity index (χ2n) is 4.50. The number of rotatable bonds is 4. The molecule has 1 unspecified atom stereocenters. The Kier molecular flexibility index (Phi) is 3.66. The minimum absolute atomic E-state index is 0.166. The fraction of sp³-hybridized carbons (Fsp3) is 0.125. The summed E-state index contributed by atoms with van der Waals surface area (Å²) >= 11 is 0. The van der Waals surface area contributed by atoms with E-state index in [2.05, 4.69) is 10.1 Å². The molecule has 1 aromatic heterocycles. The molecule has 3 rings (SSSR count). The molecule has 0 radical (unpaired) electrons. The lowest BCUT2D eigenvalue weighted by molar-refractivity contribution is 0.170. The standard InChI is InChI=1S/C16H14N2O3/c1-20-13-9-5-8-12(10-13)15-17-16(21-18-15)14(19)11-6-3-2-4-7-11/h2-10,14,19H,1H3. The van der Waals surface area contributed by atoms with Crippen LogP contribution in [0.5, 0.6) is 5.75 Å². The van der Waals surface area contributed by atoms with Gasteiger partial charge >= 0.3 is 0 Å². The quantitative estimate of drug-likeness (QED) is 0.797. The summed E-state index contributed by atoms with van der Waals surface area (Å²) < 4.78 is 10.3. The van der Waals surface area contributed by atoms with Crippen molar-refractivity contribution in [3.63, 3.8) is 0 Å². The van der Waals surface area contributed by atoms with Crippen LogP contribution in [0.15, 0.2) is 59.1 Å². The molecular formula is C16H14N2O3. The average Bonchev–Trinajstić information content (AvgIpc) is 3.05. The highest BCUT2D eigenvalue weighted by molar-refractivity contribution is 5.56. The molecule has 0 aliphatic rings. The first-order valence-corrected chi connectivity index (χ1v) is 6.49. The van der Waals surface area contributed by atoms with Crippen LogP contribution >= 0.6 is 0 Å². The molecule has 0 fully saturated rings. The normalized spacial score (nSPS) is 12.1. The van der Waals surface area contributed by atoms with Gasteiger partial charge in [0.1, 0.15) is 5.75 Å². The molecule has 5 nitrogen and oxygen atoms in total. The largest absolute Gasteiger partial charge is 0.497 e. The van der Waals surface area contributed by atoms with Crippen LogP contribution in [0.1, 0.15) is 17.6 Å². The minimum Gasteiger partial charge on any atom is -0.497 e. The molecule has 106 valence electrons. The molecular weight excluding hydrogens is 268 g/mol. The van der Waals surface area contributed by atoms with Crippen molar-refractivity contribution in [3.8, 4) is 17.1 Å². The molecule has 0 aliphatic heterocycles. The van der Waals surface area contributed by atoms with Crippen LogP contribution in [0, 0.1) is 0 Å². The molecule has 0 saturated carbocycles. The van der Waals surface area contributed by atoms with Gasteiger partial charge in [0.2, 0.25) is 5.82 Å². The van der Waals surface area contributed by atoms with E-state index in [0.717, 1.165) is 5.56 Å². The molecule has 5 heteroatoms. The molecule has 0 bridgehead atoms. The van der Waals surface area contributed by atoms with E-state index in [0.29, 0.717) is 17.1 Å². The molecule has 1 N–H and O–H groups in total. The van der Waals surface area contributed by atoms with Gasteiger partial charge in [-0.2, -0.15) is 4.98 Å². The number of ether oxygens (including phenoxy) is 1. The van der Waals surface area contributed by atoms with Crippen molar-refractivity contribution in [1.82, 2.24) is 10.1 Å². The number of benzene rings is 2. The molecule has 3 aromatic rings. The number of hydrogen-bond acceptors (Lipinski definition) is 5. The Hall–Kier alpha value is -2.66. The van der Waals surface area contributed by atoms with Gasteiger partial charge in [-0.3, -0.25) is 0 Å². The van der Waals surface area contributed by atoms with Crippen LogP contribution in [-0.4, -0.2) is 22.4 Å². The van der Waals surface area contributed by atoms with Crippen molar-refractivity contribution in [2.75, 3.05) is 7.11 Å². The lowest BCUT2D eigenvalue weighted by Crippen LogP contribution is -1.99. The Morgan fingerprint density at radius 1 is 1.10 bits per heavy atom. The zero-order chi connectivity index (χ0) is 14.7. The molecule has 1 atom stereocenters. The molecule has 0 aliphatic carbocycles. The first-order valence-electron chi connectivity index (χ1n) is 6.49. The lowest BCUT2D eigenvalue weighted by atomic mass is 10.1. The predicted octanol–water partition coefficient (Wildman–Crippen LogP) is 2.83. The summed E-state index contributed by atoms with van der Waals surface area (Å²) in [5.74, 6) is 1.29. The Labute approximate surface area is 121 Å². The summed E-state index contributed by atoms with van der Waals surface area (Å²) in [5, 5.41) is 14.1. The van der Waals surface area contributed by atoms with Crippen LogP contribution in [0.4, 0.5) is 0 Å². The van der Waals surface area contributed by atoms with Crippen molar-refractivity contribution >= 4 is 0 Å². The van der Waals surface area contributed by atoms with Crippen LogP contribution in [0.25, 0.3) is 11.4 Å². The van der Waals surface area contributed by atoms with Gasteiger partial charge in [0.25, 0.3) is 5.89 Å². The molecule has 0 amide bonds. The number of aliphatic hydroxyl groups is 1. The summed E-state index contributed by atoms with van der Waals surface area (Å²) in [6.45, 7) is 0. The number of methoxy groups -OCH3 is 1. The van der Waals surface area contributed by atoms with Crippen molar-refractivity contribution in [3.05, 3.63) is 66.1 Å². The predicted molar refractivity (Wildman–Crippen MR) is 76.8 cm³/mol. The average molecular weight is 282 g/mol. The Morgan fingerprint density at radius 3 is 2.67 bits per heavy atom. The van der Waals surface area contributed by atoms with E-state index < -0.39 is 6.10 Å². The second kappa shape index (κ2) is 5.76. The molecule has 21 heavy (non-hydrogen) atoms. The Morgan fingerprint density at radius 2 is 1.90 bits per heavy atom. The summed E-state index contributed by atoms with van der Waals surface area (Å²) in [6, 6.07) is 16.5. The third-order valence-electron chi connectivity index (χ3n) is 3.12. The summed E-state index contributed by atoms with van der Waals surface area (Å²) in [6.07, 6.45) is -0.932. The molecule has 1 heterocycles. The van der Waals surface area contributed by atoms with Crippen LogP contribution in [0.3, 0.4) is 0 Å². The zero-order valence-electron chi connectivity index (χ0n) is 11.4. The van der Waals surface area contributed by atoms with Gasteiger partial charge in [0.05, 0.1) is 7.11 Å². The summed E-state index contributed by atoms with van der Waals surface area (Å²) in [4.78, 5) is 4.25. The van der Waals surface area contributed by atoms with Gasteiger partial charge in [-0.25, -0.2) is 0 Å². The number of nitrogens with zero attached hydrogens (tertiary/aromatic N) is 2. The van der Waals surface area contributed by atoms with Gasteiger partial charge in [0.15, 0.2) is 6.10 Å². The Balaban J connectivity index is 1.89. The highest BCUT2D eigenvalue weighted by atomic mass is 16.5. The summed E-state index contributed by atoms with van der Waals surface area (Å²) in [7, 11) is 1.60. The number of aromatic nitrogens is 2. The molecule has 2 aromatic carbocycles. The summed E-state index contributed by atoms with van der Waals surface area (Å²) in [5.41, 5.74) is 1.47. The van der Waals surface area contributed by atoms with Gasteiger partial charge in [-0.15, -0.1) is 0 Å². The van der Waals surface area contributed by atoms with E-state index in [1.807, 2.05) is 42.5 Å². The van der Waals surface area contributed by atoms with Crippen molar-refractivity contribution in [1.29, 1.82) is 0 Å². The highest BCUT2D eigenvalue weighted by Crippen LogP contribution is 2.25. The topological polar surface area (TPSA) is 68.4 Å². The third kappa shape index (κ3) is 2.78. The fourth-order valence-electron chi connectivity index (χ4n) is 2.00. The van der Waals surface area contributed by atoms with Gasteiger partial charge in [-0.05, 0) is 17.7 Å². The second-order valence-corrected chi connectivity index (χ2v) is 4.50. The van der Waals surface area contributed by atoms with Crippen LogP contribution < -0.4 is 4.74 Å². The van der Waals surface area contributed by atoms with Gasteiger partial charge < -0.3 is 14.4 Å². The fourth-order valence-corrected chi connectivity index (χ4v) is 2.00. The van der Waals surface area contributed by atoms with Crippen LogP contribution in [0.2, 0.25) is 0 Å². The van der Waals surface area contributed by atoms with E-state index in [9.17, 15) is 5.11 Å². The number of aliphatic hydroxyl groups excluding tert-OH is 1. The first kappa shape index (κ1) is 13.3. The van der Waals surface area contributed by atoms with Gasteiger partial charge in [0, 0.05) is 5.56 Å². The van der Waals surface area contributed by atoms with E-state index >= 15 is 0 Å². The minimum atomic E-state index is -0.932. The third-order valence-corrected chi connectivity index (χ3v) is 3.12. The van der Waals surface area contributed by atoms with Crippen molar-refractivity contribution in [2.45, 2.75) is 6.10 Å². The van der Waals surface area contributed by atoms with Crippen molar-refractivity contribution < 1.29 is 14.4 Å². The number of hydrogen-bond donors (Lipinski definition) is 1. The maximum Gasteiger partial charge on any atom is 0.260 e. The monoisotopic (exact) mass is 282 g/mol. The zero-order valence-corrected chi connectivity index (χ0v) is 11.4. The van der Waals surface area contributed by atoms with Gasteiger partial charge in [-0.1, -0.05) is 47.6 Å². The SMILES string of the molecule is COc1cccc(-c2noc(C(O)c3ccccc3)n2)c1. The van der Waals surface area contributed by atoms with E-state index in [-0.39, 0.29) is 5.89 Å². The maximum atomic E-state index is 10.2. The highest BCUT2D eigenvalue weighted by Gasteiger charge is 2.18. The first-order chi connectivity index (χ1) is 10.3. The molecule has 0 saturated heterocycles. The molecule has 0 spiro atoms. The Bertz CT molecular complexity index is 725. The van der Waals surface area contributed by atoms with E-state index in [1.54, 1.807) is 19.2 Å². The maximum absolute atomic E-state index is 10.2. The van der Waals surface area contributed by atoms with E-state index in [1.165, 1.54) is 0 Å². The van der Waals surface area contributed by atoms with E-state index in [4.69, 9.17) is 9.26 Å².